The maximum atomic E-state index is 13.0. The number of benzene rings is 1. The number of piperidine rings is 1. The zero-order chi connectivity index (χ0) is 22.8. The Bertz CT molecular complexity index is 1010. The van der Waals surface area contributed by atoms with E-state index in [1.54, 1.807) is 38.1 Å². The number of nitrogens with zero attached hydrogens (tertiary/aromatic N) is 3. The lowest BCUT2D eigenvalue weighted by Gasteiger charge is -2.40. The Labute approximate surface area is 189 Å². The van der Waals surface area contributed by atoms with Crippen molar-refractivity contribution >= 4 is 17.5 Å². The molecule has 7 nitrogen and oxygen atoms in total. The third-order valence-electron chi connectivity index (χ3n) is 6.88. The van der Waals surface area contributed by atoms with E-state index in [-0.39, 0.29) is 11.8 Å². The van der Waals surface area contributed by atoms with E-state index in [1.165, 1.54) is 11.1 Å². The molecule has 0 atom stereocenters. The first-order valence-corrected chi connectivity index (χ1v) is 11.4. The van der Waals surface area contributed by atoms with Crippen LogP contribution in [0.2, 0.25) is 0 Å². The average Bonchev–Trinajstić information content (AvgIpc) is 3.12. The number of rotatable bonds is 4. The van der Waals surface area contributed by atoms with Crippen LogP contribution in [-0.2, 0) is 0 Å². The van der Waals surface area contributed by atoms with Gasteiger partial charge in [-0.25, -0.2) is 0 Å². The SMILES string of the molecule is CC1=C(C)CN(C2CCN(C(=O)c3ccc(C(=O)Nc4c(C)noc4C)cc3)CC2)CC1. The van der Waals surface area contributed by atoms with Crippen LogP contribution in [0.25, 0.3) is 0 Å². The quantitative estimate of drug-likeness (QED) is 0.727. The molecule has 0 saturated carbocycles. The number of carbonyl (C=O) groups is 2. The van der Waals surface area contributed by atoms with Crippen molar-refractivity contribution < 1.29 is 14.1 Å². The van der Waals surface area contributed by atoms with Crippen molar-refractivity contribution in [2.24, 2.45) is 0 Å². The van der Waals surface area contributed by atoms with Crippen molar-refractivity contribution in [3.05, 3.63) is 58.0 Å². The predicted octanol–water partition coefficient (Wildman–Crippen LogP) is 4.19. The fraction of sp³-hybridized carbons (Fsp3) is 0.480. The molecule has 2 aromatic rings. The van der Waals surface area contributed by atoms with Crippen molar-refractivity contribution in [3.63, 3.8) is 0 Å². The van der Waals surface area contributed by atoms with Gasteiger partial charge in [0.2, 0.25) is 0 Å². The van der Waals surface area contributed by atoms with Crippen LogP contribution in [0.5, 0.6) is 0 Å². The Morgan fingerprint density at radius 1 is 0.969 bits per heavy atom. The maximum Gasteiger partial charge on any atom is 0.255 e. The number of likely N-dealkylation sites (tertiary alicyclic amines) is 1. The Hall–Kier alpha value is -2.93. The van der Waals surface area contributed by atoms with Crippen LogP contribution >= 0.6 is 0 Å². The van der Waals surface area contributed by atoms with Gasteiger partial charge in [-0.05, 0) is 71.2 Å². The highest BCUT2D eigenvalue weighted by Crippen LogP contribution is 2.25. The molecule has 1 fully saturated rings. The zero-order valence-corrected chi connectivity index (χ0v) is 19.4. The number of nitrogens with one attached hydrogen (secondary N) is 1. The van der Waals surface area contributed by atoms with Crippen molar-refractivity contribution in [2.45, 2.75) is 53.0 Å². The molecular weight excluding hydrogens is 404 g/mol. The molecule has 32 heavy (non-hydrogen) atoms. The van der Waals surface area contributed by atoms with Crippen LogP contribution in [0.4, 0.5) is 5.69 Å². The summed E-state index contributed by atoms with van der Waals surface area (Å²) in [5, 5.41) is 6.68. The van der Waals surface area contributed by atoms with Gasteiger partial charge in [0, 0.05) is 43.3 Å². The second-order valence-electron chi connectivity index (χ2n) is 9.04. The van der Waals surface area contributed by atoms with Gasteiger partial charge in [-0.1, -0.05) is 16.3 Å². The zero-order valence-electron chi connectivity index (χ0n) is 19.4. The highest BCUT2D eigenvalue weighted by molar-refractivity contribution is 6.05. The lowest BCUT2D eigenvalue weighted by atomic mass is 9.96. The lowest BCUT2D eigenvalue weighted by Crippen LogP contribution is -2.48. The first kappa shape index (κ1) is 22.3. The fourth-order valence-electron chi connectivity index (χ4n) is 4.58. The molecule has 1 saturated heterocycles. The summed E-state index contributed by atoms with van der Waals surface area (Å²) in [6.07, 6.45) is 3.17. The Morgan fingerprint density at radius 3 is 2.22 bits per heavy atom. The number of amides is 2. The molecule has 0 unspecified atom stereocenters. The number of carbonyl (C=O) groups excluding carboxylic acids is 2. The summed E-state index contributed by atoms with van der Waals surface area (Å²) in [4.78, 5) is 30.1. The first-order chi connectivity index (χ1) is 15.3. The first-order valence-electron chi connectivity index (χ1n) is 11.4. The minimum absolute atomic E-state index is 0.0340. The van der Waals surface area contributed by atoms with Gasteiger partial charge in [0.1, 0.15) is 11.4 Å². The minimum Gasteiger partial charge on any atom is -0.359 e. The van der Waals surface area contributed by atoms with E-state index in [0.29, 0.717) is 34.3 Å². The Kier molecular flexibility index (Phi) is 6.46. The van der Waals surface area contributed by atoms with E-state index < -0.39 is 0 Å². The molecule has 2 aliphatic heterocycles. The molecule has 1 aromatic carbocycles. The summed E-state index contributed by atoms with van der Waals surface area (Å²) in [6.45, 7) is 11.7. The molecule has 7 heteroatoms. The van der Waals surface area contributed by atoms with Gasteiger partial charge in [-0.15, -0.1) is 0 Å². The van der Waals surface area contributed by atoms with Crippen LogP contribution in [0.3, 0.4) is 0 Å². The van der Waals surface area contributed by atoms with Gasteiger partial charge in [0.15, 0.2) is 5.76 Å². The molecule has 0 spiro atoms. The molecule has 2 amide bonds. The number of anilines is 1. The Balaban J connectivity index is 1.33. The Morgan fingerprint density at radius 2 is 1.62 bits per heavy atom. The molecular formula is C25H32N4O3. The van der Waals surface area contributed by atoms with Crippen molar-refractivity contribution in [2.75, 3.05) is 31.5 Å². The smallest absolute Gasteiger partial charge is 0.255 e. The van der Waals surface area contributed by atoms with E-state index in [0.717, 1.165) is 45.4 Å². The van der Waals surface area contributed by atoms with Crippen molar-refractivity contribution in [1.82, 2.24) is 15.0 Å². The molecule has 4 rings (SSSR count). The van der Waals surface area contributed by atoms with E-state index in [4.69, 9.17) is 4.52 Å². The van der Waals surface area contributed by atoms with Gasteiger partial charge >= 0.3 is 0 Å². The van der Waals surface area contributed by atoms with E-state index in [9.17, 15) is 9.59 Å². The third kappa shape index (κ3) is 4.63. The van der Waals surface area contributed by atoms with E-state index in [2.05, 4.69) is 29.2 Å². The molecule has 0 radical (unpaired) electrons. The largest absolute Gasteiger partial charge is 0.359 e. The number of hydrogen-bond donors (Lipinski definition) is 1. The van der Waals surface area contributed by atoms with Crippen LogP contribution in [-0.4, -0.2) is 59.0 Å². The average molecular weight is 437 g/mol. The van der Waals surface area contributed by atoms with E-state index >= 15 is 0 Å². The van der Waals surface area contributed by atoms with Gasteiger partial charge in [0.25, 0.3) is 11.8 Å². The monoisotopic (exact) mass is 436 g/mol. The normalized spacial score (nSPS) is 18.2. The van der Waals surface area contributed by atoms with Crippen LogP contribution in [0.15, 0.2) is 39.9 Å². The van der Waals surface area contributed by atoms with E-state index in [1.807, 2.05) is 4.90 Å². The molecule has 0 bridgehead atoms. The van der Waals surface area contributed by atoms with Crippen molar-refractivity contribution in [1.29, 1.82) is 0 Å². The van der Waals surface area contributed by atoms with Gasteiger partial charge in [-0.2, -0.15) is 0 Å². The number of hydrogen-bond acceptors (Lipinski definition) is 5. The van der Waals surface area contributed by atoms with Crippen LogP contribution < -0.4 is 5.32 Å². The minimum atomic E-state index is -0.250. The third-order valence-corrected chi connectivity index (χ3v) is 6.88. The molecule has 1 aromatic heterocycles. The molecule has 2 aliphatic rings. The summed E-state index contributed by atoms with van der Waals surface area (Å²) in [7, 11) is 0. The highest BCUT2D eigenvalue weighted by Gasteiger charge is 2.29. The van der Waals surface area contributed by atoms with Gasteiger partial charge in [0.05, 0.1) is 0 Å². The topological polar surface area (TPSA) is 78.7 Å². The van der Waals surface area contributed by atoms with Crippen LogP contribution in [0.1, 0.15) is 65.3 Å². The summed E-state index contributed by atoms with van der Waals surface area (Å²) in [6, 6.07) is 7.41. The second-order valence-corrected chi connectivity index (χ2v) is 9.04. The molecule has 3 heterocycles. The summed E-state index contributed by atoms with van der Waals surface area (Å²) < 4.78 is 5.09. The molecule has 170 valence electrons. The van der Waals surface area contributed by atoms with Gasteiger partial charge < -0.3 is 14.7 Å². The molecule has 1 N–H and O–H groups in total. The maximum absolute atomic E-state index is 13.0. The molecule has 0 aliphatic carbocycles. The summed E-state index contributed by atoms with van der Waals surface area (Å²) in [5.41, 5.74) is 5.35. The summed E-state index contributed by atoms with van der Waals surface area (Å²) in [5.74, 6) is 0.351. The summed E-state index contributed by atoms with van der Waals surface area (Å²) >= 11 is 0. The fourth-order valence-corrected chi connectivity index (χ4v) is 4.58. The van der Waals surface area contributed by atoms with Gasteiger partial charge in [-0.3, -0.25) is 14.5 Å². The highest BCUT2D eigenvalue weighted by atomic mass is 16.5. The second kappa shape index (κ2) is 9.28. The van der Waals surface area contributed by atoms with Crippen LogP contribution in [0, 0.1) is 13.8 Å². The standard InChI is InChI=1S/C25H32N4O3/c1-16-9-12-29(15-17(16)2)22-10-13-28(14-11-22)25(31)21-7-5-20(6-8-21)24(30)26-23-18(3)27-32-19(23)4/h5-8,22H,9-15H2,1-4H3,(H,26,30). The number of aryl methyl sites for hydroxylation is 2. The predicted molar refractivity (Wildman–Crippen MR) is 124 cm³/mol. The van der Waals surface area contributed by atoms with Crippen molar-refractivity contribution in [3.8, 4) is 0 Å². The lowest BCUT2D eigenvalue weighted by molar-refractivity contribution is 0.0624. The number of aromatic nitrogens is 1.